The lowest BCUT2D eigenvalue weighted by molar-refractivity contribution is -0.120. The summed E-state index contributed by atoms with van der Waals surface area (Å²) in [5.41, 5.74) is 5.71. The van der Waals surface area contributed by atoms with E-state index in [1.807, 2.05) is 73.1 Å². The Bertz CT molecular complexity index is 1400. The molecule has 154 valence electrons. The first-order valence-corrected chi connectivity index (χ1v) is 10.4. The van der Waals surface area contributed by atoms with Gasteiger partial charge in [0.25, 0.3) is 0 Å². The van der Waals surface area contributed by atoms with E-state index in [1.54, 1.807) is 6.26 Å². The molecule has 5 heteroatoms. The highest BCUT2D eigenvalue weighted by molar-refractivity contribution is 6.08. The van der Waals surface area contributed by atoms with Crippen LogP contribution >= 0.6 is 0 Å². The molecule has 0 saturated heterocycles. The van der Waals surface area contributed by atoms with Crippen molar-refractivity contribution in [1.82, 2.24) is 15.1 Å². The number of para-hydroxylation sites is 1. The van der Waals surface area contributed by atoms with Gasteiger partial charge < -0.3 is 9.73 Å². The molecule has 0 fully saturated rings. The SMILES string of the molecule is Cc1nn(-c2ccccc2)c(C)c1CNC(=O)Cc1coc2ccc3ccccc3c12. The minimum Gasteiger partial charge on any atom is -0.464 e. The number of fused-ring (bicyclic) bond motifs is 3. The zero-order valence-corrected chi connectivity index (χ0v) is 17.6. The molecule has 5 nitrogen and oxygen atoms in total. The lowest BCUT2D eigenvalue weighted by Crippen LogP contribution is -2.25. The standard InChI is InChI=1S/C26H23N3O2/c1-17-23(18(2)29(28-17)21-9-4-3-5-10-21)15-27-25(30)14-20-16-31-24-13-12-19-8-6-7-11-22(19)26(20)24/h3-13,16H,14-15H2,1-2H3,(H,27,30). The number of furan rings is 1. The van der Waals surface area contributed by atoms with Gasteiger partial charge >= 0.3 is 0 Å². The molecule has 3 aromatic carbocycles. The van der Waals surface area contributed by atoms with Gasteiger partial charge in [-0.05, 0) is 42.8 Å². The van der Waals surface area contributed by atoms with E-state index in [-0.39, 0.29) is 12.3 Å². The summed E-state index contributed by atoms with van der Waals surface area (Å²) in [6, 6.07) is 22.2. The lowest BCUT2D eigenvalue weighted by Gasteiger charge is -2.07. The second-order valence-corrected chi connectivity index (χ2v) is 7.77. The molecule has 5 rings (SSSR count). The topological polar surface area (TPSA) is 60.1 Å². The molecule has 5 aromatic rings. The summed E-state index contributed by atoms with van der Waals surface area (Å²) in [6.45, 7) is 4.45. The van der Waals surface area contributed by atoms with Crippen LogP contribution in [0, 0.1) is 13.8 Å². The maximum Gasteiger partial charge on any atom is 0.224 e. The second kappa shape index (κ2) is 7.76. The smallest absolute Gasteiger partial charge is 0.224 e. The van der Waals surface area contributed by atoms with E-state index in [0.717, 1.165) is 49.9 Å². The molecule has 0 radical (unpaired) electrons. The molecule has 0 spiro atoms. The van der Waals surface area contributed by atoms with Gasteiger partial charge in [0, 0.05) is 28.8 Å². The Balaban J connectivity index is 1.36. The Morgan fingerprint density at radius 2 is 1.77 bits per heavy atom. The first-order valence-electron chi connectivity index (χ1n) is 10.4. The molecule has 2 heterocycles. The van der Waals surface area contributed by atoms with E-state index < -0.39 is 0 Å². The molecule has 2 aromatic heterocycles. The van der Waals surface area contributed by atoms with Crippen molar-refractivity contribution in [3.8, 4) is 5.69 Å². The van der Waals surface area contributed by atoms with Crippen molar-refractivity contribution in [3.05, 3.63) is 95.5 Å². The molecule has 0 saturated carbocycles. The highest BCUT2D eigenvalue weighted by Crippen LogP contribution is 2.30. The number of carbonyl (C=O) groups excluding carboxylic acids is 1. The largest absolute Gasteiger partial charge is 0.464 e. The number of rotatable bonds is 5. The third-order valence-electron chi connectivity index (χ3n) is 5.80. The summed E-state index contributed by atoms with van der Waals surface area (Å²) < 4.78 is 7.64. The molecule has 0 unspecified atom stereocenters. The van der Waals surface area contributed by atoms with Crippen molar-refractivity contribution in [2.75, 3.05) is 0 Å². The van der Waals surface area contributed by atoms with Gasteiger partial charge in [0.1, 0.15) is 5.58 Å². The third kappa shape index (κ3) is 3.48. The number of hydrogen-bond acceptors (Lipinski definition) is 3. The van der Waals surface area contributed by atoms with E-state index in [9.17, 15) is 4.79 Å². The fraction of sp³-hybridized carbons (Fsp3) is 0.154. The predicted molar refractivity (Wildman–Crippen MR) is 122 cm³/mol. The number of aromatic nitrogens is 2. The van der Waals surface area contributed by atoms with Crippen molar-refractivity contribution in [2.45, 2.75) is 26.8 Å². The highest BCUT2D eigenvalue weighted by atomic mass is 16.3. The molecule has 0 bridgehead atoms. The van der Waals surface area contributed by atoms with Crippen molar-refractivity contribution < 1.29 is 9.21 Å². The molecular weight excluding hydrogens is 386 g/mol. The number of benzene rings is 3. The monoisotopic (exact) mass is 409 g/mol. The molecule has 0 aliphatic carbocycles. The molecule has 31 heavy (non-hydrogen) atoms. The van der Waals surface area contributed by atoms with Gasteiger partial charge in [0.05, 0.1) is 24.1 Å². The Labute approximate surface area is 180 Å². The van der Waals surface area contributed by atoms with Crippen LogP contribution < -0.4 is 5.32 Å². The van der Waals surface area contributed by atoms with Crippen LogP contribution in [0.1, 0.15) is 22.5 Å². The average Bonchev–Trinajstić information content (AvgIpc) is 3.33. The Morgan fingerprint density at radius 3 is 2.61 bits per heavy atom. The molecule has 0 aliphatic rings. The summed E-state index contributed by atoms with van der Waals surface area (Å²) >= 11 is 0. The number of nitrogens with one attached hydrogen (secondary N) is 1. The van der Waals surface area contributed by atoms with Gasteiger partial charge in [-0.25, -0.2) is 4.68 Å². The summed E-state index contributed by atoms with van der Waals surface area (Å²) in [5, 5.41) is 11.0. The minimum absolute atomic E-state index is 0.0399. The predicted octanol–water partition coefficient (Wildman–Crippen LogP) is 5.25. The summed E-state index contributed by atoms with van der Waals surface area (Å²) in [7, 11) is 0. The van der Waals surface area contributed by atoms with Gasteiger partial charge in [-0.1, -0.05) is 48.5 Å². The van der Waals surface area contributed by atoms with E-state index in [0.29, 0.717) is 6.54 Å². The second-order valence-electron chi connectivity index (χ2n) is 7.77. The first kappa shape index (κ1) is 19.1. The van der Waals surface area contributed by atoms with Gasteiger partial charge in [0.2, 0.25) is 5.91 Å². The fourth-order valence-corrected chi connectivity index (χ4v) is 4.18. The minimum atomic E-state index is -0.0399. The molecule has 1 N–H and O–H groups in total. The Hall–Kier alpha value is -3.86. The maximum absolute atomic E-state index is 12.8. The summed E-state index contributed by atoms with van der Waals surface area (Å²) in [6.07, 6.45) is 1.96. The van der Waals surface area contributed by atoms with Crippen LogP contribution in [-0.2, 0) is 17.8 Å². The van der Waals surface area contributed by atoms with Crippen molar-refractivity contribution >= 4 is 27.6 Å². The summed E-state index contributed by atoms with van der Waals surface area (Å²) in [4.78, 5) is 12.8. The van der Waals surface area contributed by atoms with Crippen LogP contribution in [0.25, 0.3) is 27.4 Å². The quantitative estimate of drug-likeness (QED) is 0.431. The fourth-order valence-electron chi connectivity index (χ4n) is 4.18. The Morgan fingerprint density at radius 1 is 1.00 bits per heavy atom. The van der Waals surface area contributed by atoms with Gasteiger partial charge in [-0.2, -0.15) is 5.10 Å². The zero-order valence-electron chi connectivity index (χ0n) is 17.6. The normalized spacial score (nSPS) is 11.3. The van der Waals surface area contributed by atoms with Crippen molar-refractivity contribution in [3.63, 3.8) is 0 Å². The third-order valence-corrected chi connectivity index (χ3v) is 5.80. The summed E-state index contributed by atoms with van der Waals surface area (Å²) in [5.74, 6) is -0.0399. The number of nitrogens with zero attached hydrogens (tertiary/aromatic N) is 2. The van der Waals surface area contributed by atoms with Gasteiger partial charge in [-0.3, -0.25) is 4.79 Å². The zero-order chi connectivity index (χ0) is 21.4. The van der Waals surface area contributed by atoms with E-state index in [4.69, 9.17) is 4.42 Å². The first-order chi connectivity index (χ1) is 15.1. The van der Waals surface area contributed by atoms with E-state index in [1.165, 1.54) is 0 Å². The average molecular weight is 409 g/mol. The van der Waals surface area contributed by atoms with Crippen LogP contribution in [0.15, 0.2) is 77.4 Å². The van der Waals surface area contributed by atoms with Crippen molar-refractivity contribution in [1.29, 1.82) is 0 Å². The van der Waals surface area contributed by atoms with Crippen LogP contribution in [-0.4, -0.2) is 15.7 Å². The van der Waals surface area contributed by atoms with Crippen LogP contribution in [0.2, 0.25) is 0 Å². The van der Waals surface area contributed by atoms with Crippen LogP contribution in [0.5, 0.6) is 0 Å². The van der Waals surface area contributed by atoms with Gasteiger partial charge in [-0.15, -0.1) is 0 Å². The van der Waals surface area contributed by atoms with E-state index >= 15 is 0 Å². The lowest BCUT2D eigenvalue weighted by atomic mass is 10.0. The number of hydrogen-bond donors (Lipinski definition) is 1. The number of amides is 1. The number of carbonyl (C=O) groups is 1. The molecular formula is C26H23N3O2. The van der Waals surface area contributed by atoms with Crippen molar-refractivity contribution in [2.24, 2.45) is 0 Å². The molecule has 1 amide bonds. The number of aryl methyl sites for hydroxylation is 1. The van der Waals surface area contributed by atoms with E-state index in [2.05, 4.69) is 22.5 Å². The van der Waals surface area contributed by atoms with Crippen LogP contribution in [0.3, 0.4) is 0 Å². The van der Waals surface area contributed by atoms with Gasteiger partial charge in [0.15, 0.2) is 0 Å². The maximum atomic E-state index is 12.8. The van der Waals surface area contributed by atoms with Crippen LogP contribution in [0.4, 0.5) is 0 Å². The molecule has 0 aliphatic heterocycles. The Kier molecular flexibility index (Phi) is 4.79. The molecule has 0 atom stereocenters. The highest BCUT2D eigenvalue weighted by Gasteiger charge is 2.16.